The van der Waals surface area contributed by atoms with Crippen LogP contribution in [0.15, 0.2) is 34.2 Å². The lowest BCUT2D eigenvalue weighted by atomic mass is 9.89. The van der Waals surface area contributed by atoms with E-state index in [-0.39, 0.29) is 5.56 Å². The molecule has 5 rings (SSSR count). The van der Waals surface area contributed by atoms with E-state index in [4.69, 9.17) is 10.7 Å². The molecule has 8 heteroatoms. The van der Waals surface area contributed by atoms with E-state index in [1.54, 1.807) is 21.8 Å². The number of aromatic nitrogens is 4. The van der Waals surface area contributed by atoms with Crippen molar-refractivity contribution < 1.29 is 0 Å². The predicted octanol–water partition coefficient (Wildman–Crippen LogP) is 4.01. The molecular weight excluding hydrogens is 402 g/mol. The first-order valence-electron chi connectivity index (χ1n) is 9.68. The number of nitrogens with zero attached hydrogens (tertiary/aromatic N) is 4. The van der Waals surface area contributed by atoms with E-state index >= 15 is 0 Å². The zero-order valence-electron chi connectivity index (χ0n) is 16.3. The number of aryl methyl sites for hydroxylation is 2. The van der Waals surface area contributed by atoms with E-state index < -0.39 is 0 Å². The van der Waals surface area contributed by atoms with Crippen molar-refractivity contribution in [1.29, 1.82) is 0 Å². The summed E-state index contributed by atoms with van der Waals surface area (Å²) in [5, 5.41) is 1.67. The number of nitrogens with two attached hydrogens (primary N) is 1. The second-order valence-electron chi connectivity index (χ2n) is 7.66. The maximum absolute atomic E-state index is 12.5. The predicted molar refractivity (Wildman–Crippen MR) is 119 cm³/mol. The molecule has 6 nitrogen and oxygen atoms in total. The first-order chi connectivity index (χ1) is 14.0. The van der Waals surface area contributed by atoms with E-state index in [1.807, 2.05) is 25.1 Å². The van der Waals surface area contributed by atoms with E-state index in [9.17, 15) is 4.79 Å². The van der Waals surface area contributed by atoms with Crippen molar-refractivity contribution in [1.82, 2.24) is 19.4 Å². The largest absolute Gasteiger partial charge is 0.383 e. The molecule has 0 amide bonds. The normalized spacial score (nSPS) is 16.4. The van der Waals surface area contributed by atoms with Gasteiger partial charge in [0.2, 0.25) is 0 Å². The fourth-order valence-electron chi connectivity index (χ4n) is 3.99. The maximum atomic E-state index is 12.5. The molecule has 4 aromatic heterocycles. The van der Waals surface area contributed by atoms with Gasteiger partial charge in [0.25, 0.3) is 5.56 Å². The van der Waals surface area contributed by atoms with E-state index in [0.717, 1.165) is 28.8 Å². The van der Waals surface area contributed by atoms with Crippen LogP contribution in [0, 0.1) is 12.8 Å². The van der Waals surface area contributed by atoms with Crippen LogP contribution in [0.5, 0.6) is 0 Å². The highest BCUT2D eigenvalue weighted by atomic mass is 32.2. The Hall–Kier alpha value is -2.45. The number of hydrogen-bond donors (Lipinski definition) is 1. The van der Waals surface area contributed by atoms with Crippen molar-refractivity contribution in [2.24, 2.45) is 5.92 Å². The molecule has 0 aliphatic heterocycles. The molecule has 0 saturated heterocycles. The van der Waals surface area contributed by atoms with Crippen molar-refractivity contribution >= 4 is 44.8 Å². The molecule has 0 aromatic carbocycles. The van der Waals surface area contributed by atoms with Crippen molar-refractivity contribution in [3.8, 4) is 0 Å². The fourth-order valence-corrected chi connectivity index (χ4v) is 6.18. The Bertz CT molecular complexity index is 1310. The van der Waals surface area contributed by atoms with Gasteiger partial charge in [-0.25, -0.2) is 15.0 Å². The molecule has 1 atom stereocenters. The van der Waals surface area contributed by atoms with Crippen LogP contribution in [0.4, 0.5) is 5.82 Å². The number of thioether (sulfide) groups is 1. The minimum Gasteiger partial charge on any atom is -0.383 e. The third-order valence-corrected chi connectivity index (χ3v) is 7.47. The minimum atomic E-state index is -0.0698. The Labute approximate surface area is 176 Å². The van der Waals surface area contributed by atoms with Gasteiger partial charge < -0.3 is 5.73 Å². The third-order valence-electron chi connectivity index (χ3n) is 5.44. The highest BCUT2D eigenvalue weighted by Crippen LogP contribution is 2.40. The van der Waals surface area contributed by atoms with Crippen molar-refractivity contribution in [3.63, 3.8) is 0 Å². The van der Waals surface area contributed by atoms with Crippen LogP contribution in [-0.2, 0) is 18.6 Å². The lowest BCUT2D eigenvalue weighted by molar-refractivity contribution is 0.509. The molecule has 1 aliphatic carbocycles. The molecule has 29 heavy (non-hydrogen) atoms. The molecule has 0 fully saturated rings. The average Bonchev–Trinajstić information content (AvgIpc) is 3.04. The number of thiophene rings is 1. The average molecular weight is 424 g/mol. The van der Waals surface area contributed by atoms with Gasteiger partial charge in [0.05, 0.1) is 11.1 Å². The zero-order chi connectivity index (χ0) is 20.1. The lowest BCUT2D eigenvalue weighted by Gasteiger charge is -2.17. The highest BCUT2D eigenvalue weighted by Gasteiger charge is 2.23. The standard InChI is InChI=1S/C21H21N5OS2/c1-11-6-7-14-15(8-11)29-20-18(14)19(22)24-21(25-20)28-10-13-9-17(27)26-12(2)4-3-5-16(26)23-13/h3-5,9,11H,6-8,10H2,1-2H3,(H2,22,24,25)/t11-/m1/s1. The summed E-state index contributed by atoms with van der Waals surface area (Å²) in [6, 6.07) is 7.24. The lowest BCUT2D eigenvalue weighted by Crippen LogP contribution is -2.17. The van der Waals surface area contributed by atoms with Crippen LogP contribution in [0.1, 0.15) is 35.2 Å². The summed E-state index contributed by atoms with van der Waals surface area (Å²) in [5.41, 5.74) is 9.84. The van der Waals surface area contributed by atoms with Gasteiger partial charge in [0.15, 0.2) is 5.16 Å². The molecule has 0 spiro atoms. The smallest absolute Gasteiger partial charge is 0.258 e. The molecule has 2 N–H and O–H groups in total. The van der Waals surface area contributed by atoms with E-state index in [0.29, 0.717) is 34.0 Å². The SMILES string of the molecule is Cc1cccc2nc(CSc3nc(N)c4c5c(sc4n3)C[C@H](C)CC5)cc(=O)n12. The molecule has 1 aliphatic rings. The van der Waals surface area contributed by atoms with Crippen LogP contribution in [0.3, 0.4) is 0 Å². The van der Waals surface area contributed by atoms with Crippen LogP contribution >= 0.6 is 23.1 Å². The van der Waals surface area contributed by atoms with Gasteiger partial charge in [-0.1, -0.05) is 24.8 Å². The third kappa shape index (κ3) is 3.30. The zero-order valence-corrected chi connectivity index (χ0v) is 17.9. The Morgan fingerprint density at radius 1 is 1.31 bits per heavy atom. The van der Waals surface area contributed by atoms with Gasteiger partial charge in [-0.05, 0) is 49.8 Å². The highest BCUT2D eigenvalue weighted by molar-refractivity contribution is 7.98. The van der Waals surface area contributed by atoms with Crippen molar-refractivity contribution in [2.75, 3.05) is 5.73 Å². The van der Waals surface area contributed by atoms with Crippen LogP contribution < -0.4 is 11.3 Å². The quantitative estimate of drug-likeness (QED) is 0.396. The summed E-state index contributed by atoms with van der Waals surface area (Å²) in [6.07, 6.45) is 3.35. The Kier molecular flexibility index (Phi) is 4.55. The first kappa shape index (κ1) is 18.6. The maximum Gasteiger partial charge on any atom is 0.258 e. The molecule has 0 saturated carbocycles. The summed E-state index contributed by atoms with van der Waals surface area (Å²) < 4.78 is 1.62. The number of nitrogen functional groups attached to an aromatic ring is 1. The Morgan fingerprint density at radius 3 is 3.03 bits per heavy atom. The number of anilines is 1. The number of hydrogen-bond acceptors (Lipinski definition) is 7. The molecular formula is C21H21N5OS2. The second-order valence-corrected chi connectivity index (χ2v) is 9.68. The number of pyridine rings is 1. The van der Waals surface area contributed by atoms with Crippen molar-refractivity contribution in [3.05, 3.63) is 56.4 Å². The van der Waals surface area contributed by atoms with E-state index in [2.05, 4.69) is 16.9 Å². The molecule has 0 bridgehead atoms. The summed E-state index contributed by atoms with van der Waals surface area (Å²) >= 11 is 3.21. The number of rotatable bonds is 3. The molecule has 4 aromatic rings. The first-order valence-corrected chi connectivity index (χ1v) is 11.5. The van der Waals surface area contributed by atoms with Gasteiger partial charge in [-0.3, -0.25) is 9.20 Å². The van der Waals surface area contributed by atoms with Crippen LogP contribution in [0.25, 0.3) is 15.9 Å². The number of fused-ring (bicyclic) bond motifs is 4. The Morgan fingerprint density at radius 2 is 2.17 bits per heavy atom. The Balaban J connectivity index is 1.45. The van der Waals surface area contributed by atoms with Gasteiger partial charge in [-0.15, -0.1) is 11.3 Å². The molecule has 148 valence electrons. The topological polar surface area (TPSA) is 86.2 Å². The van der Waals surface area contributed by atoms with Crippen LogP contribution in [-0.4, -0.2) is 19.4 Å². The van der Waals surface area contributed by atoms with Gasteiger partial charge in [0, 0.05) is 22.4 Å². The molecule has 0 unspecified atom stereocenters. The van der Waals surface area contributed by atoms with Gasteiger partial charge in [-0.2, -0.15) is 0 Å². The molecule has 0 radical (unpaired) electrons. The van der Waals surface area contributed by atoms with E-state index in [1.165, 1.54) is 28.6 Å². The second kappa shape index (κ2) is 7.11. The van der Waals surface area contributed by atoms with Gasteiger partial charge >= 0.3 is 0 Å². The summed E-state index contributed by atoms with van der Waals surface area (Å²) in [4.78, 5) is 28.8. The summed E-state index contributed by atoms with van der Waals surface area (Å²) in [7, 11) is 0. The van der Waals surface area contributed by atoms with Gasteiger partial charge in [0.1, 0.15) is 16.3 Å². The molecule has 4 heterocycles. The summed E-state index contributed by atoms with van der Waals surface area (Å²) in [6.45, 7) is 4.20. The minimum absolute atomic E-state index is 0.0698. The van der Waals surface area contributed by atoms with Crippen LogP contribution in [0.2, 0.25) is 0 Å². The monoisotopic (exact) mass is 423 g/mol. The fraction of sp³-hybridized carbons (Fsp3) is 0.333. The summed E-state index contributed by atoms with van der Waals surface area (Å²) in [5.74, 6) is 1.79. The van der Waals surface area contributed by atoms with Crippen molar-refractivity contribution in [2.45, 2.75) is 44.0 Å².